The quantitative estimate of drug-likeness (QED) is 0.897. The van der Waals surface area contributed by atoms with Gasteiger partial charge in [-0.3, -0.25) is 4.79 Å². The molecule has 2 aromatic rings. The van der Waals surface area contributed by atoms with Gasteiger partial charge < -0.3 is 5.32 Å². The first-order valence-corrected chi connectivity index (χ1v) is 6.19. The van der Waals surface area contributed by atoms with Gasteiger partial charge in [-0.1, -0.05) is 26.0 Å². The lowest BCUT2D eigenvalue weighted by atomic mass is 10.1. The van der Waals surface area contributed by atoms with Gasteiger partial charge in [-0.15, -0.1) is 5.10 Å². The number of hydrogen-bond donors (Lipinski definition) is 1. The largest absolute Gasteiger partial charge is 0.352 e. The number of amides is 1. The summed E-state index contributed by atoms with van der Waals surface area (Å²) in [7, 11) is 1.76. The maximum atomic E-state index is 12.0. The molecule has 0 radical (unpaired) electrons. The second-order valence-electron chi connectivity index (χ2n) is 4.81. The molecule has 0 saturated heterocycles. The van der Waals surface area contributed by atoms with Crippen LogP contribution in [0.2, 0.25) is 0 Å². The van der Waals surface area contributed by atoms with Crippen LogP contribution < -0.4 is 5.32 Å². The Morgan fingerprint density at radius 3 is 2.84 bits per heavy atom. The number of rotatable bonds is 4. The van der Waals surface area contributed by atoms with Crippen molar-refractivity contribution in [1.29, 1.82) is 0 Å². The summed E-state index contributed by atoms with van der Waals surface area (Å²) in [6.07, 6.45) is 0. The van der Waals surface area contributed by atoms with Crippen molar-refractivity contribution in [2.45, 2.75) is 13.8 Å². The maximum absolute atomic E-state index is 12.0. The first-order chi connectivity index (χ1) is 9.08. The van der Waals surface area contributed by atoms with Crippen molar-refractivity contribution in [2.24, 2.45) is 13.0 Å². The van der Waals surface area contributed by atoms with Gasteiger partial charge in [0, 0.05) is 24.7 Å². The van der Waals surface area contributed by atoms with E-state index in [2.05, 4.69) is 34.7 Å². The third-order valence-electron chi connectivity index (χ3n) is 2.67. The van der Waals surface area contributed by atoms with Crippen molar-refractivity contribution in [2.75, 3.05) is 6.54 Å². The van der Waals surface area contributed by atoms with Crippen LogP contribution in [-0.4, -0.2) is 32.7 Å². The van der Waals surface area contributed by atoms with E-state index in [1.807, 2.05) is 12.1 Å². The van der Waals surface area contributed by atoms with E-state index in [1.54, 1.807) is 23.9 Å². The van der Waals surface area contributed by atoms with Crippen LogP contribution in [0.4, 0.5) is 0 Å². The molecule has 0 bridgehead atoms. The molecule has 0 aliphatic heterocycles. The minimum Gasteiger partial charge on any atom is -0.352 e. The number of aromatic nitrogens is 4. The summed E-state index contributed by atoms with van der Waals surface area (Å²) in [4.78, 5) is 12.0. The molecule has 1 heterocycles. The van der Waals surface area contributed by atoms with Crippen LogP contribution in [0, 0.1) is 5.92 Å². The van der Waals surface area contributed by atoms with Crippen LogP contribution in [0.3, 0.4) is 0 Å². The van der Waals surface area contributed by atoms with Gasteiger partial charge in [-0.05, 0) is 28.5 Å². The smallest absolute Gasteiger partial charge is 0.251 e. The highest BCUT2D eigenvalue weighted by Gasteiger charge is 2.10. The van der Waals surface area contributed by atoms with E-state index in [0.717, 1.165) is 5.56 Å². The minimum atomic E-state index is -0.0781. The van der Waals surface area contributed by atoms with Gasteiger partial charge in [0.25, 0.3) is 5.91 Å². The van der Waals surface area contributed by atoms with Gasteiger partial charge in [0.2, 0.25) is 0 Å². The third kappa shape index (κ3) is 3.15. The number of carbonyl (C=O) groups is 1. The lowest BCUT2D eigenvalue weighted by molar-refractivity contribution is 0.0949. The fraction of sp³-hybridized carbons (Fsp3) is 0.385. The molecule has 0 saturated carbocycles. The Kier molecular flexibility index (Phi) is 3.89. The predicted molar refractivity (Wildman–Crippen MR) is 71.4 cm³/mol. The average Bonchev–Trinajstić information content (AvgIpc) is 2.82. The monoisotopic (exact) mass is 259 g/mol. The first kappa shape index (κ1) is 13.2. The Bertz CT molecular complexity index is 576. The second-order valence-corrected chi connectivity index (χ2v) is 4.81. The Labute approximate surface area is 111 Å². The Morgan fingerprint density at radius 2 is 2.21 bits per heavy atom. The highest BCUT2D eigenvalue weighted by atomic mass is 16.1. The van der Waals surface area contributed by atoms with E-state index in [9.17, 15) is 4.79 Å². The van der Waals surface area contributed by atoms with Crippen molar-refractivity contribution in [1.82, 2.24) is 25.5 Å². The van der Waals surface area contributed by atoms with Crippen LogP contribution in [-0.2, 0) is 7.05 Å². The van der Waals surface area contributed by atoms with Gasteiger partial charge in [-0.2, -0.15) is 0 Å². The lowest BCUT2D eigenvalue weighted by Crippen LogP contribution is -2.27. The molecular formula is C13H17N5O. The zero-order chi connectivity index (χ0) is 13.8. The number of benzene rings is 1. The fourth-order valence-corrected chi connectivity index (χ4v) is 1.67. The minimum absolute atomic E-state index is 0.0781. The van der Waals surface area contributed by atoms with Crippen molar-refractivity contribution < 1.29 is 4.79 Å². The lowest BCUT2D eigenvalue weighted by Gasteiger charge is -2.08. The molecule has 0 spiro atoms. The summed E-state index contributed by atoms with van der Waals surface area (Å²) in [5.41, 5.74) is 1.44. The molecule has 100 valence electrons. The average molecular weight is 259 g/mol. The SMILES string of the molecule is CC(C)CNC(=O)c1cccc(-c2nnnn2C)c1. The van der Waals surface area contributed by atoms with E-state index in [1.165, 1.54) is 0 Å². The molecular weight excluding hydrogens is 242 g/mol. The normalized spacial score (nSPS) is 10.7. The summed E-state index contributed by atoms with van der Waals surface area (Å²) >= 11 is 0. The molecule has 0 unspecified atom stereocenters. The van der Waals surface area contributed by atoms with Gasteiger partial charge in [0.05, 0.1) is 0 Å². The second kappa shape index (κ2) is 5.60. The maximum Gasteiger partial charge on any atom is 0.251 e. The molecule has 0 aliphatic carbocycles. The Balaban J connectivity index is 2.20. The summed E-state index contributed by atoms with van der Waals surface area (Å²) in [5.74, 6) is 0.985. The van der Waals surface area contributed by atoms with Crippen molar-refractivity contribution in [3.8, 4) is 11.4 Å². The van der Waals surface area contributed by atoms with Gasteiger partial charge in [0.15, 0.2) is 5.82 Å². The molecule has 6 heteroatoms. The molecule has 0 atom stereocenters. The van der Waals surface area contributed by atoms with Gasteiger partial charge >= 0.3 is 0 Å². The van der Waals surface area contributed by atoms with Crippen molar-refractivity contribution in [3.05, 3.63) is 29.8 Å². The standard InChI is InChI=1S/C13H17N5O/c1-9(2)8-14-13(19)11-6-4-5-10(7-11)12-15-16-17-18(12)3/h4-7,9H,8H2,1-3H3,(H,14,19). The van der Waals surface area contributed by atoms with E-state index in [-0.39, 0.29) is 5.91 Å². The Hall–Kier alpha value is -2.24. The summed E-state index contributed by atoms with van der Waals surface area (Å²) in [5, 5.41) is 14.2. The topological polar surface area (TPSA) is 72.7 Å². The van der Waals surface area contributed by atoms with Gasteiger partial charge in [-0.25, -0.2) is 4.68 Å². The molecule has 1 N–H and O–H groups in total. The Morgan fingerprint density at radius 1 is 1.42 bits per heavy atom. The van der Waals surface area contributed by atoms with E-state index in [4.69, 9.17) is 0 Å². The van der Waals surface area contributed by atoms with E-state index in [0.29, 0.717) is 23.9 Å². The fourth-order valence-electron chi connectivity index (χ4n) is 1.67. The van der Waals surface area contributed by atoms with Crippen LogP contribution >= 0.6 is 0 Å². The molecule has 6 nitrogen and oxygen atoms in total. The van der Waals surface area contributed by atoms with Crippen LogP contribution in [0.5, 0.6) is 0 Å². The number of nitrogens with one attached hydrogen (secondary N) is 1. The first-order valence-electron chi connectivity index (χ1n) is 6.19. The molecule has 2 rings (SSSR count). The van der Waals surface area contributed by atoms with E-state index < -0.39 is 0 Å². The number of nitrogens with zero attached hydrogens (tertiary/aromatic N) is 4. The van der Waals surface area contributed by atoms with Crippen LogP contribution in [0.15, 0.2) is 24.3 Å². The van der Waals surface area contributed by atoms with Crippen molar-refractivity contribution in [3.63, 3.8) is 0 Å². The molecule has 0 aliphatic rings. The molecule has 1 aromatic heterocycles. The highest BCUT2D eigenvalue weighted by Crippen LogP contribution is 2.16. The zero-order valence-electron chi connectivity index (χ0n) is 11.3. The van der Waals surface area contributed by atoms with E-state index >= 15 is 0 Å². The third-order valence-corrected chi connectivity index (χ3v) is 2.67. The highest BCUT2D eigenvalue weighted by molar-refractivity contribution is 5.95. The summed E-state index contributed by atoms with van der Waals surface area (Å²) < 4.78 is 1.57. The summed E-state index contributed by atoms with van der Waals surface area (Å²) in [6, 6.07) is 7.28. The number of tetrazole rings is 1. The summed E-state index contributed by atoms with van der Waals surface area (Å²) in [6.45, 7) is 4.78. The number of hydrogen-bond acceptors (Lipinski definition) is 4. The zero-order valence-corrected chi connectivity index (χ0v) is 11.3. The number of aryl methyl sites for hydroxylation is 1. The molecule has 1 aromatic carbocycles. The van der Waals surface area contributed by atoms with Crippen molar-refractivity contribution >= 4 is 5.91 Å². The predicted octanol–water partition coefficient (Wildman–Crippen LogP) is 1.26. The molecule has 1 amide bonds. The van der Waals surface area contributed by atoms with Crippen LogP contribution in [0.1, 0.15) is 24.2 Å². The van der Waals surface area contributed by atoms with Crippen LogP contribution in [0.25, 0.3) is 11.4 Å². The molecule has 19 heavy (non-hydrogen) atoms. The molecule has 0 fully saturated rings. The number of carbonyl (C=O) groups excluding carboxylic acids is 1. The van der Waals surface area contributed by atoms with Gasteiger partial charge in [0.1, 0.15) is 0 Å².